The van der Waals surface area contributed by atoms with Gasteiger partial charge in [0.15, 0.2) is 11.5 Å². The number of nitrogens with one attached hydrogen (secondary N) is 2. The van der Waals surface area contributed by atoms with E-state index in [1.807, 2.05) is 26.0 Å². The maximum absolute atomic E-state index is 12.3. The molecule has 0 aliphatic heterocycles. The smallest absolute Gasteiger partial charge is 0.252 e. The molecule has 9 heteroatoms. The maximum atomic E-state index is 12.3. The Hall–Kier alpha value is -2.14. The van der Waals surface area contributed by atoms with Crippen LogP contribution in [0.4, 0.5) is 5.69 Å². The van der Waals surface area contributed by atoms with Crippen LogP contribution in [-0.2, 0) is 9.59 Å². The Balaban J connectivity index is 2.02. The number of amides is 2. The van der Waals surface area contributed by atoms with Gasteiger partial charge < -0.3 is 14.8 Å². The molecule has 0 aliphatic carbocycles. The molecule has 2 N–H and O–H groups in total. The molecule has 0 heterocycles. The van der Waals surface area contributed by atoms with Gasteiger partial charge in [-0.1, -0.05) is 19.1 Å². The predicted octanol–water partition coefficient (Wildman–Crippen LogP) is 4.97. The fourth-order valence-corrected chi connectivity index (χ4v) is 3.62. The molecule has 31 heavy (non-hydrogen) atoms. The first-order chi connectivity index (χ1) is 14.9. The fourth-order valence-electron chi connectivity index (χ4n) is 2.46. The van der Waals surface area contributed by atoms with Crippen molar-refractivity contribution in [3.8, 4) is 11.5 Å². The summed E-state index contributed by atoms with van der Waals surface area (Å²) in [6.07, 6.45) is 2.40. The normalized spacial score (nSPS) is 11.8. The van der Waals surface area contributed by atoms with Gasteiger partial charge in [-0.15, -0.1) is 0 Å². The van der Waals surface area contributed by atoms with Crippen molar-refractivity contribution in [2.75, 3.05) is 18.5 Å². The molecule has 1 unspecified atom stereocenters. The molecule has 0 fully saturated rings. The van der Waals surface area contributed by atoms with Crippen molar-refractivity contribution in [1.82, 2.24) is 5.43 Å². The van der Waals surface area contributed by atoms with Gasteiger partial charge in [0.2, 0.25) is 5.91 Å². The zero-order valence-corrected chi connectivity index (χ0v) is 21.3. The summed E-state index contributed by atoms with van der Waals surface area (Å²) < 4.78 is 13.1. The van der Waals surface area contributed by atoms with Crippen LogP contribution in [0.15, 0.2) is 46.0 Å². The average molecular weight is 602 g/mol. The van der Waals surface area contributed by atoms with Gasteiger partial charge in [0, 0.05) is 4.47 Å². The summed E-state index contributed by atoms with van der Waals surface area (Å²) >= 11 is 5.54. The molecule has 0 radical (unpaired) electrons. The molecule has 0 spiro atoms. The van der Waals surface area contributed by atoms with Crippen LogP contribution in [0.3, 0.4) is 0 Å². The number of ether oxygens (including phenoxy) is 2. The van der Waals surface area contributed by atoms with E-state index in [1.54, 1.807) is 24.3 Å². The molecule has 1 atom stereocenters. The standard InChI is InChI=1S/C22H25BrIN3O4/c1-4-10-31-20-17(24)11-15(12-19(20)30-5-2)13-25-27-22(29)14(3)21(28)26-18-9-7-6-8-16(18)23/h6-9,11-14H,4-5,10H2,1-3H3,(H,26,28)(H,27,29). The van der Waals surface area contributed by atoms with Crippen LogP contribution in [-0.4, -0.2) is 31.2 Å². The van der Waals surface area contributed by atoms with Gasteiger partial charge in [-0.05, 0) is 88.6 Å². The summed E-state index contributed by atoms with van der Waals surface area (Å²) in [5.41, 5.74) is 3.75. The molecule has 2 aromatic carbocycles. The van der Waals surface area contributed by atoms with Gasteiger partial charge in [0.1, 0.15) is 5.92 Å². The third-order valence-electron chi connectivity index (χ3n) is 4.09. The third-order valence-corrected chi connectivity index (χ3v) is 5.58. The van der Waals surface area contributed by atoms with Gasteiger partial charge in [0.05, 0.1) is 28.7 Å². The van der Waals surface area contributed by atoms with Crippen LogP contribution in [0, 0.1) is 9.49 Å². The number of hydrogen-bond donors (Lipinski definition) is 2. The third kappa shape index (κ3) is 7.49. The Morgan fingerprint density at radius 3 is 2.61 bits per heavy atom. The number of hydrazone groups is 1. The molecular formula is C22H25BrIN3O4. The van der Waals surface area contributed by atoms with Crippen molar-refractivity contribution >= 4 is 62.2 Å². The topological polar surface area (TPSA) is 89.0 Å². The van der Waals surface area contributed by atoms with Gasteiger partial charge in [-0.3, -0.25) is 9.59 Å². The first-order valence-corrected chi connectivity index (χ1v) is 11.7. The quantitative estimate of drug-likeness (QED) is 0.174. The molecule has 0 saturated carbocycles. The summed E-state index contributed by atoms with van der Waals surface area (Å²) in [7, 11) is 0. The van der Waals surface area contributed by atoms with Crippen molar-refractivity contribution in [2.24, 2.45) is 11.0 Å². The number of anilines is 1. The highest BCUT2D eigenvalue weighted by atomic mass is 127. The van der Waals surface area contributed by atoms with E-state index in [1.165, 1.54) is 13.1 Å². The lowest BCUT2D eigenvalue weighted by molar-refractivity contribution is -0.131. The van der Waals surface area contributed by atoms with Gasteiger partial charge in [0.25, 0.3) is 5.91 Å². The Labute approximate surface area is 204 Å². The molecule has 0 aliphatic rings. The molecule has 166 valence electrons. The summed E-state index contributed by atoms with van der Waals surface area (Å²) in [6, 6.07) is 10.9. The lowest BCUT2D eigenvalue weighted by Gasteiger charge is -2.14. The molecule has 2 aromatic rings. The van der Waals surface area contributed by atoms with Gasteiger partial charge >= 0.3 is 0 Å². The van der Waals surface area contributed by atoms with E-state index in [-0.39, 0.29) is 0 Å². The number of halogens is 2. The summed E-state index contributed by atoms with van der Waals surface area (Å²) in [5, 5.41) is 6.71. The minimum atomic E-state index is -0.923. The highest BCUT2D eigenvalue weighted by Crippen LogP contribution is 2.34. The average Bonchev–Trinajstić information content (AvgIpc) is 2.74. The Kier molecular flexibility index (Phi) is 10.3. The monoisotopic (exact) mass is 601 g/mol. The first kappa shape index (κ1) is 25.1. The van der Waals surface area contributed by atoms with Crippen LogP contribution in [0.1, 0.15) is 32.8 Å². The van der Waals surface area contributed by atoms with Crippen molar-refractivity contribution in [3.05, 3.63) is 50.0 Å². The second kappa shape index (κ2) is 12.7. The molecule has 2 amide bonds. The second-order valence-electron chi connectivity index (χ2n) is 6.54. The molecule has 0 saturated heterocycles. The molecule has 7 nitrogen and oxygen atoms in total. The zero-order chi connectivity index (χ0) is 22.8. The molecular weight excluding hydrogens is 577 g/mol. The SMILES string of the molecule is CCCOc1c(I)cc(C=NNC(=O)C(C)C(=O)Nc2ccccc2Br)cc1OCC. The van der Waals surface area contributed by atoms with Gasteiger partial charge in [-0.2, -0.15) is 5.10 Å². The van der Waals surface area contributed by atoms with Crippen LogP contribution >= 0.6 is 38.5 Å². The van der Waals surface area contributed by atoms with E-state index in [9.17, 15) is 9.59 Å². The summed E-state index contributed by atoms with van der Waals surface area (Å²) in [5.74, 6) is -0.540. The lowest BCUT2D eigenvalue weighted by Crippen LogP contribution is -2.34. The summed E-state index contributed by atoms with van der Waals surface area (Å²) in [4.78, 5) is 24.7. The molecule has 2 rings (SSSR count). The highest BCUT2D eigenvalue weighted by molar-refractivity contribution is 14.1. The lowest BCUT2D eigenvalue weighted by atomic mass is 10.1. The van der Waals surface area contributed by atoms with Crippen molar-refractivity contribution in [1.29, 1.82) is 0 Å². The molecule has 0 aromatic heterocycles. The molecule has 0 bridgehead atoms. The van der Waals surface area contributed by atoms with E-state index in [0.717, 1.165) is 20.0 Å². The number of para-hydroxylation sites is 1. The highest BCUT2D eigenvalue weighted by Gasteiger charge is 2.21. The van der Waals surface area contributed by atoms with Crippen molar-refractivity contribution in [3.63, 3.8) is 0 Å². The van der Waals surface area contributed by atoms with Gasteiger partial charge in [-0.25, -0.2) is 5.43 Å². The van der Waals surface area contributed by atoms with E-state index >= 15 is 0 Å². The maximum Gasteiger partial charge on any atom is 0.252 e. The second-order valence-corrected chi connectivity index (χ2v) is 8.55. The minimum Gasteiger partial charge on any atom is -0.490 e. The minimum absolute atomic E-state index is 0.426. The van der Waals surface area contributed by atoms with Crippen molar-refractivity contribution < 1.29 is 19.1 Å². The predicted molar refractivity (Wildman–Crippen MR) is 134 cm³/mol. The summed E-state index contributed by atoms with van der Waals surface area (Å²) in [6.45, 7) is 6.56. The number of hydrogen-bond acceptors (Lipinski definition) is 5. The fraction of sp³-hybridized carbons (Fsp3) is 0.318. The van der Waals surface area contributed by atoms with E-state index in [4.69, 9.17) is 9.47 Å². The van der Waals surface area contributed by atoms with E-state index < -0.39 is 17.7 Å². The Morgan fingerprint density at radius 1 is 1.19 bits per heavy atom. The van der Waals surface area contributed by atoms with Crippen LogP contribution in [0.5, 0.6) is 11.5 Å². The van der Waals surface area contributed by atoms with Crippen LogP contribution in [0.2, 0.25) is 0 Å². The number of benzene rings is 2. The Morgan fingerprint density at radius 2 is 1.94 bits per heavy atom. The first-order valence-electron chi connectivity index (χ1n) is 9.84. The van der Waals surface area contributed by atoms with Crippen LogP contribution in [0.25, 0.3) is 0 Å². The number of carbonyl (C=O) groups is 2. The number of rotatable bonds is 10. The largest absolute Gasteiger partial charge is 0.490 e. The number of nitrogens with zero attached hydrogens (tertiary/aromatic N) is 1. The Bertz CT molecular complexity index is 952. The van der Waals surface area contributed by atoms with E-state index in [0.29, 0.717) is 30.4 Å². The zero-order valence-electron chi connectivity index (χ0n) is 17.6. The van der Waals surface area contributed by atoms with Crippen LogP contribution < -0.4 is 20.2 Å². The number of carbonyl (C=O) groups excluding carboxylic acids is 2. The van der Waals surface area contributed by atoms with Crippen molar-refractivity contribution in [2.45, 2.75) is 27.2 Å². The van der Waals surface area contributed by atoms with E-state index in [2.05, 4.69) is 54.4 Å².